The van der Waals surface area contributed by atoms with E-state index in [0.717, 1.165) is 12.1 Å². The van der Waals surface area contributed by atoms with Gasteiger partial charge in [0.2, 0.25) is 0 Å². The van der Waals surface area contributed by atoms with Crippen LogP contribution in [-0.4, -0.2) is 41.3 Å². The third kappa shape index (κ3) is 5.31. The molecule has 0 unspecified atom stereocenters. The predicted octanol–water partition coefficient (Wildman–Crippen LogP) is 2.55. The lowest BCUT2D eigenvalue weighted by Gasteiger charge is -2.24. The van der Waals surface area contributed by atoms with Gasteiger partial charge in [0.1, 0.15) is 6.61 Å². The summed E-state index contributed by atoms with van der Waals surface area (Å²) in [4.78, 5) is 14.1. The maximum absolute atomic E-state index is 11.9. The average Bonchev–Trinajstić information content (AvgIpc) is 2.99. The lowest BCUT2D eigenvalue weighted by molar-refractivity contribution is 0.135. The average molecular weight is 340 g/mol. The highest BCUT2D eigenvalue weighted by molar-refractivity contribution is 5.67. The molecular formula is C20H24N2O3. The number of aliphatic hydroxyl groups excluding tert-OH is 1. The summed E-state index contributed by atoms with van der Waals surface area (Å²) in [6, 6.07) is 19.9. The van der Waals surface area contributed by atoms with Crippen LogP contribution in [0.25, 0.3) is 0 Å². The van der Waals surface area contributed by atoms with Crippen molar-refractivity contribution in [2.75, 3.05) is 13.1 Å². The first-order valence-electron chi connectivity index (χ1n) is 8.61. The number of nitrogens with zero attached hydrogens (tertiary/aromatic N) is 1. The number of hydrogen-bond acceptors (Lipinski definition) is 4. The number of nitrogens with one attached hydrogen (secondary N) is 1. The molecule has 1 aliphatic rings. The van der Waals surface area contributed by atoms with E-state index in [-0.39, 0.29) is 18.8 Å². The van der Waals surface area contributed by atoms with Gasteiger partial charge in [-0.1, -0.05) is 60.7 Å². The van der Waals surface area contributed by atoms with Gasteiger partial charge in [-0.15, -0.1) is 0 Å². The Morgan fingerprint density at radius 3 is 2.40 bits per heavy atom. The van der Waals surface area contributed by atoms with Crippen LogP contribution in [0.2, 0.25) is 0 Å². The Morgan fingerprint density at radius 2 is 1.72 bits per heavy atom. The highest BCUT2D eigenvalue weighted by Crippen LogP contribution is 2.20. The monoisotopic (exact) mass is 340 g/mol. The summed E-state index contributed by atoms with van der Waals surface area (Å²) in [6.45, 7) is 2.12. The van der Waals surface area contributed by atoms with Crippen molar-refractivity contribution in [1.82, 2.24) is 10.2 Å². The van der Waals surface area contributed by atoms with E-state index in [1.807, 2.05) is 48.5 Å². The first-order chi connectivity index (χ1) is 12.2. The van der Waals surface area contributed by atoms with Crippen LogP contribution in [0.5, 0.6) is 0 Å². The predicted molar refractivity (Wildman–Crippen MR) is 95.9 cm³/mol. The van der Waals surface area contributed by atoms with Crippen molar-refractivity contribution >= 4 is 6.09 Å². The Bertz CT molecular complexity index is 663. The normalized spacial score (nSPS) is 20.4. The molecule has 0 saturated carbocycles. The zero-order valence-electron chi connectivity index (χ0n) is 14.2. The lowest BCUT2D eigenvalue weighted by Crippen LogP contribution is -2.40. The summed E-state index contributed by atoms with van der Waals surface area (Å²) in [5.74, 6) is 0. The van der Waals surface area contributed by atoms with Crippen LogP contribution in [0.4, 0.5) is 4.79 Å². The third-order valence-electron chi connectivity index (χ3n) is 4.43. The van der Waals surface area contributed by atoms with Gasteiger partial charge >= 0.3 is 6.09 Å². The second-order valence-corrected chi connectivity index (χ2v) is 6.40. The molecule has 0 bridgehead atoms. The van der Waals surface area contributed by atoms with E-state index < -0.39 is 6.09 Å². The summed E-state index contributed by atoms with van der Waals surface area (Å²) >= 11 is 0. The van der Waals surface area contributed by atoms with E-state index in [4.69, 9.17) is 4.74 Å². The number of likely N-dealkylation sites (tertiary alicyclic amines) is 1. The van der Waals surface area contributed by atoms with Gasteiger partial charge in [0.25, 0.3) is 0 Å². The fourth-order valence-electron chi connectivity index (χ4n) is 3.16. The molecular weight excluding hydrogens is 316 g/mol. The summed E-state index contributed by atoms with van der Waals surface area (Å²) < 4.78 is 5.24. The highest BCUT2D eigenvalue weighted by atomic mass is 16.5. The van der Waals surface area contributed by atoms with E-state index in [0.29, 0.717) is 19.5 Å². The molecule has 0 spiro atoms. The van der Waals surface area contributed by atoms with Gasteiger partial charge in [-0.25, -0.2) is 4.79 Å². The van der Waals surface area contributed by atoms with Crippen molar-refractivity contribution in [2.24, 2.45) is 0 Å². The van der Waals surface area contributed by atoms with Crippen molar-refractivity contribution in [2.45, 2.75) is 31.7 Å². The minimum atomic E-state index is -0.426. The molecule has 1 heterocycles. The van der Waals surface area contributed by atoms with E-state index in [2.05, 4.69) is 22.3 Å². The smallest absolute Gasteiger partial charge is 0.407 e. The van der Waals surface area contributed by atoms with Crippen LogP contribution < -0.4 is 5.32 Å². The maximum Gasteiger partial charge on any atom is 0.407 e. The number of carbonyl (C=O) groups excluding carboxylic acids is 1. The number of rotatable bonds is 6. The van der Waals surface area contributed by atoms with Crippen LogP contribution in [0, 0.1) is 0 Å². The highest BCUT2D eigenvalue weighted by Gasteiger charge is 2.31. The van der Waals surface area contributed by atoms with E-state index in [9.17, 15) is 9.90 Å². The van der Waals surface area contributed by atoms with Crippen molar-refractivity contribution in [3.05, 3.63) is 71.8 Å². The fourth-order valence-corrected chi connectivity index (χ4v) is 3.16. The zero-order valence-corrected chi connectivity index (χ0v) is 14.2. The number of amides is 1. The second kappa shape index (κ2) is 8.65. The summed E-state index contributed by atoms with van der Waals surface area (Å²) in [5.41, 5.74) is 2.16. The molecule has 2 aromatic carbocycles. The Kier molecular flexibility index (Phi) is 6.04. The number of β-amino-alcohol motifs (C(OH)–C–C–N with tert-alkyl or cyclic N) is 1. The van der Waals surface area contributed by atoms with Gasteiger partial charge < -0.3 is 15.2 Å². The lowest BCUT2D eigenvalue weighted by atomic mass is 10.1. The second-order valence-electron chi connectivity index (χ2n) is 6.40. The number of hydrogen-bond donors (Lipinski definition) is 2. The minimum absolute atomic E-state index is 0.111. The number of aliphatic hydroxyl groups is 1. The molecule has 0 aromatic heterocycles. The Labute approximate surface area is 148 Å². The van der Waals surface area contributed by atoms with Crippen LogP contribution in [-0.2, 0) is 17.9 Å². The van der Waals surface area contributed by atoms with Gasteiger partial charge in [-0.05, 0) is 17.5 Å². The number of carbonyl (C=O) groups is 1. The molecule has 1 amide bonds. The Balaban J connectivity index is 1.46. The van der Waals surface area contributed by atoms with Gasteiger partial charge in [0.15, 0.2) is 0 Å². The topological polar surface area (TPSA) is 61.8 Å². The molecule has 132 valence electrons. The largest absolute Gasteiger partial charge is 0.445 e. The van der Waals surface area contributed by atoms with Gasteiger partial charge in [0, 0.05) is 25.7 Å². The van der Waals surface area contributed by atoms with Crippen LogP contribution in [0.3, 0.4) is 0 Å². The maximum atomic E-state index is 11.9. The molecule has 2 N–H and O–H groups in total. The van der Waals surface area contributed by atoms with Crippen LogP contribution >= 0.6 is 0 Å². The first-order valence-corrected chi connectivity index (χ1v) is 8.61. The number of alkyl carbamates (subject to hydrolysis) is 1. The molecule has 5 nitrogen and oxygen atoms in total. The molecule has 3 rings (SSSR count). The van der Waals surface area contributed by atoms with Gasteiger partial charge in [-0.3, -0.25) is 4.90 Å². The molecule has 0 aliphatic carbocycles. The molecule has 1 fully saturated rings. The summed E-state index contributed by atoms with van der Waals surface area (Å²) in [6.07, 6.45) is -0.119. The summed E-state index contributed by atoms with van der Waals surface area (Å²) in [7, 11) is 0. The molecule has 1 aliphatic heterocycles. The van der Waals surface area contributed by atoms with Gasteiger partial charge in [0.05, 0.1) is 6.10 Å². The minimum Gasteiger partial charge on any atom is -0.445 e. The molecule has 0 radical (unpaired) electrons. The molecule has 1 saturated heterocycles. The van der Waals surface area contributed by atoms with Crippen LogP contribution in [0.15, 0.2) is 60.7 Å². The standard InChI is InChI=1S/C20H24N2O3/c23-19-11-18(22(14-19)13-16-7-3-1-4-8-16)12-21-20(24)25-15-17-9-5-2-6-10-17/h1-10,18-19,23H,11-15H2,(H,21,24)/t18-,19-/m1/s1. The Morgan fingerprint density at radius 1 is 1.08 bits per heavy atom. The SMILES string of the molecule is O=C(NC[C@H]1C[C@@H](O)CN1Cc1ccccc1)OCc1ccccc1. The van der Waals surface area contributed by atoms with Crippen molar-refractivity contribution < 1.29 is 14.6 Å². The van der Waals surface area contributed by atoms with Crippen LogP contribution in [0.1, 0.15) is 17.5 Å². The summed E-state index contributed by atoms with van der Waals surface area (Å²) in [5, 5.41) is 12.8. The number of benzene rings is 2. The van der Waals surface area contributed by atoms with E-state index in [1.165, 1.54) is 5.56 Å². The fraction of sp³-hybridized carbons (Fsp3) is 0.350. The quantitative estimate of drug-likeness (QED) is 0.848. The molecule has 25 heavy (non-hydrogen) atoms. The molecule has 5 heteroatoms. The van der Waals surface area contributed by atoms with Crippen molar-refractivity contribution in [3.63, 3.8) is 0 Å². The van der Waals surface area contributed by atoms with Gasteiger partial charge in [-0.2, -0.15) is 0 Å². The zero-order chi connectivity index (χ0) is 17.5. The van der Waals surface area contributed by atoms with E-state index >= 15 is 0 Å². The molecule has 2 aromatic rings. The van der Waals surface area contributed by atoms with Crippen molar-refractivity contribution in [1.29, 1.82) is 0 Å². The molecule has 2 atom stereocenters. The van der Waals surface area contributed by atoms with Crippen molar-refractivity contribution in [3.8, 4) is 0 Å². The number of ether oxygens (including phenoxy) is 1. The Hall–Kier alpha value is -2.37. The first kappa shape index (κ1) is 17.5. The van der Waals surface area contributed by atoms with E-state index in [1.54, 1.807) is 0 Å². The third-order valence-corrected chi connectivity index (χ3v) is 4.43.